The van der Waals surface area contributed by atoms with Crippen molar-refractivity contribution in [3.8, 4) is 5.69 Å². The third kappa shape index (κ3) is 6.91. The predicted octanol–water partition coefficient (Wildman–Crippen LogP) is 4.04. The Morgan fingerprint density at radius 2 is 1.69 bits per heavy atom. The number of hydrogen-bond acceptors (Lipinski definition) is 10. The van der Waals surface area contributed by atoms with Crippen LogP contribution in [0.5, 0.6) is 0 Å². The maximum Gasteiger partial charge on any atom is 0.416 e. The molecule has 2 N–H and O–H groups in total. The van der Waals surface area contributed by atoms with Crippen LogP contribution in [0.4, 0.5) is 30.2 Å². The number of aromatic nitrogens is 4. The average molecular weight is 813 g/mol. The molecule has 2 bridgehead atoms. The molecule has 4 saturated heterocycles. The van der Waals surface area contributed by atoms with E-state index in [1.54, 1.807) is 42.9 Å². The second-order valence-electron chi connectivity index (χ2n) is 16.6. The molecule has 5 amide bonds. The van der Waals surface area contributed by atoms with E-state index in [0.717, 1.165) is 80.4 Å². The molecule has 5 aliphatic rings. The first kappa shape index (κ1) is 38.5. The van der Waals surface area contributed by atoms with Crippen LogP contribution >= 0.6 is 0 Å². The van der Waals surface area contributed by atoms with Gasteiger partial charge in [0.25, 0.3) is 17.7 Å². The van der Waals surface area contributed by atoms with E-state index >= 15 is 0 Å². The van der Waals surface area contributed by atoms with Crippen molar-refractivity contribution in [2.75, 3.05) is 47.8 Å². The first-order valence-electron chi connectivity index (χ1n) is 19.8. The van der Waals surface area contributed by atoms with Gasteiger partial charge in [0.15, 0.2) is 0 Å². The Bertz CT molecular complexity index is 2350. The molecule has 4 aromatic rings. The summed E-state index contributed by atoms with van der Waals surface area (Å²) >= 11 is 0. The zero-order chi connectivity index (χ0) is 41.4. The second-order valence-corrected chi connectivity index (χ2v) is 16.6. The van der Waals surface area contributed by atoms with E-state index < -0.39 is 52.9 Å². The van der Waals surface area contributed by atoms with Crippen molar-refractivity contribution in [2.24, 2.45) is 5.92 Å². The maximum absolute atomic E-state index is 13.6. The van der Waals surface area contributed by atoms with Gasteiger partial charge in [-0.05, 0) is 87.9 Å². The Balaban J connectivity index is 0.784. The van der Waals surface area contributed by atoms with Crippen LogP contribution in [0.15, 0.2) is 67.3 Å². The number of hydrogen-bond donors (Lipinski definition) is 2. The summed E-state index contributed by atoms with van der Waals surface area (Å²) in [7, 11) is 0. The fraction of sp³-hybridized carbons (Fsp3) is 0.439. The molecule has 2 aromatic carbocycles. The third-order valence-corrected chi connectivity index (χ3v) is 12.6. The van der Waals surface area contributed by atoms with Crippen molar-refractivity contribution >= 4 is 46.6 Å². The Hall–Kier alpha value is -6.04. The van der Waals surface area contributed by atoms with E-state index in [1.165, 1.54) is 23.1 Å². The van der Waals surface area contributed by atoms with E-state index in [4.69, 9.17) is 0 Å². The number of piperazine rings is 1. The van der Waals surface area contributed by atoms with Crippen LogP contribution in [0.25, 0.3) is 5.69 Å². The highest BCUT2D eigenvalue weighted by Crippen LogP contribution is 2.39. The highest BCUT2D eigenvalue weighted by Gasteiger charge is 2.47. The molecule has 0 saturated carbocycles. The van der Waals surface area contributed by atoms with E-state index in [1.807, 2.05) is 12.3 Å². The monoisotopic (exact) mass is 812 g/mol. The van der Waals surface area contributed by atoms with Gasteiger partial charge in [-0.25, -0.2) is 4.68 Å². The van der Waals surface area contributed by atoms with Crippen LogP contribution in [-0.4, -0.2) is 110 Å². The molecular weight excluding hydrogens is 770 g/mol. The molecule has 4 fully saturated rings. The van der Waals surface area contributed by atoms with Crippen LogP contribution in [0.1, 0.15) is 72.2 Å². The number of amides is 5. The maximum atomic E-state index is 13.6. The molecule has 9 rings (SSSR count). The molecule has 3 atom stereocenters. The SMILES string of the molecule is CC(C)(C(=O)Nc1ccc(C(F)(F)F)cc1-n1cccn1)n1cc(N2CCC(CN3CC4CC3CN4c3ccc4c(c3)C(=O)N(C3CCC(=O)NC3=O)C4=O)CC2)cn1. The molecule has 5 aliphatic heterocycles. The Morgan fingerprint density at radius 1 is 0.915 bits per heavy atom. The number of piperidine rings is 2. The fourth-order valence-corrected chi connectivity index (χ4v) is 9.21. The van der Waals surface area contributed by atoms with Crippen LogP contribution in [0, 0.1) is 5.92 Å². The highest BCUT2D eigenvalue weighted by atomic mass is 19.4. The summed E-state index contributed by atoms with van der Waals surface area (Å²) in [6.45, 7) is 7.76. The Morgan fingerprint density at radius 3 is 2.39 bits per heavy atom. The summed E-state index contributed by atoms with van der Waals surface area (Å²) in [6, 6.07) is 9.69. The lowest BCUT2D eigenvalue weighted by atomic mass is 9.95. The van der Waals surface area contributed by atoms with Gasteiger partial charge in [-0.3, -0.25) is 43.8 Å². The molecule has 15 nitrogen and oxygen atoms in total. The molecule has 308 valence electrons. The minimum Gasteiger partial charge on any atom is -0.369 e. The number of nitrogens with zero attached hydrogens (tertiary/aromatic N) is 8. The second kappa shape index (κ2) is 14.4. The van der Waals surface area contributed by atoms with Crippen molar-refractivity contribution < 1.29 is 37.1 Å². The van der Waals surface area contributed by atoms with Gasteiger partial charge >= 0.3 is 6.18 Å². The van der Waals surface area contributed by atoms with Gasteiger partial charge < -0.3 is 15.1 Å². The normalized spacial score (nSPS) is 22.7. The summed E-state index contributed by atoms with van der Waals surface area (Å²) in [5, 5.41) is 13.6. The average Bonchev–Trinajstić information content (AvgIpc) is 4.06. The standard InChI is InChI=1S/C41H43F3N10O5/c1-40(2,39(59)47-32-7-4-25(41(42,43)44)16-34(32)52-13-3-12-45-52)53-23-29(19-46-53)49-14-10-24(11-15-49)20-50-21-28-17-27(50)22-51(28)26-5-6-30-31(18-26)38(58)54(37(30)57)33-8-9-35(55)48-36(33)56/h3-7,12-13,16,18-19,23-24,27-28,33H,8-11,14-15,17,20-22H2,1-2H3,(H,47,59)(H,48,55,56). The van der Waals surface area contributed by atoms with Crippen molar-refractivity contribution in [3.63, 3.8) is 0 Å². The lowest BCUT2D eigenvalue weighted by molar-refractivity contribution is -0.138. The van der Waals surface area contributed by atoms with Crippen molar-refractivity contribution in [2.45, 2.75) is 75.8 Å². The molecule has 18 heteroatoms. The zero-order valence-electron chi connectivity index (χ0n) is 32.5. The van der Waals surface area contributed by atoms with Gasteiger partial charge in [-0.15, -0.1) is 0 Å². The van der Waals surface area contributed by atoms with E-state index in [-0.39, 0.29) is 35.8 Å². The molecule has 0 radical (unpaired) electrons. The summed E-state index contributed by atoms with van der Waals surface area (Å²) in [6.07, 6.45) is 5.15. The lowest BCUT2D eigenvalue weighted by Gasteiger charge is -2.39. The number of halogens is 3. The minimum absolute atomic E-state index is 0.0734. The number of imide groups is 2. The summed E-state index contributed by atoms with van der Waals surface area (Å²) in [5.74, 6) is -1.99. The fourth-order valence-electron chi connectivity index (χ4n) is 9.21. The topological polar surface area (TPSA) is 158 Å². The van der Waals surface area contributed by atoms with Crippen molar-refractivity contribution in [3.05, 3.63) is 83.9 Å². The molecule has 0 aliphatic carbocycles. The van der Waals surface area contributed by atoms with E-state index in [9.17, 15) is 37.1 Å². The number of benzene rings is 2. The molecule has 7 heterocycles. The Labute approximate surface area is 337 Å². The van der Waals surface area contributed by atoms with Gasteiger partial charge in [-0.2, -0.15) is 23.4 Å². The minimum atomic E-state index is -4.56. The van der Waals surface area contributed by atoms with Gasteiger partial charge in [0.2, 0.25) is 11.8 Å². The Kier molecular flexibility index (Phi) is 9.36. The van der Waals surface area contributed by atoms with Crippen LogP contribution < -0.4 is 20.4 Å². The number of carbonyl (C=O) groups excluding carboxylic acids is 5. The van der Waals surface area contributed by atoms with E-state index in [2.05, 4.69) is 35.5 Å². The molecular formula is C41H43F3N10O5. The quantitative estimate of drug-likeness (QED) is 0.237. The van der Waals surface area contributed by atoms with Crippen LogP contribution in [0.3, 0.4) is 0 Å². The van der Waals surface area contributed by atoms with Crippen LogP contribution in [-0.2, 0) is 26.1 Å². The van der Waals surface area contributed by atoms with Gasteiger partial charge in [0.1, 0.15) is 11.6 Å². The third-order valence-electron chi connectivity index (χ3n) is 12.6. The number of rotatable bonds is 9. The van der Waals surface area contributed by atoms with Gasteiger partial charge in [-0.1, -0.05) is 0 Å². The first-order valence-corrected chi connectivity index (χ1v) is 19.8. The lowest BCUT2D eigenvalue weighted by Crippen LogP contribution is -2.54. The number of carbonyl (C=O) groups is 5. The van der Waals surface area contributed by atoms with Crippen molar-refractivity contribution in [1.82, 2.24) is 34.7 Å². The van der Waals surface area contributed by atoms with E-state index in [0.29, 0.717) is 17.5 Å². The summed E-state index contributed by atoms with van der Waals surface area (Å²) in [5.41, 5.74) is 0.595. The molecule has 59 heavy (non-hydrogen) atoms. The predicted molar refractivity (Wildman–Crippen MR) is 208 cm³/mol. The smallest absolute Gasteiger partial charge is 0.369 e. The zero-order valence-corrected chi connectivity index (χ0v) is 32.5. The molecule has 2 aromatic heterocycles. The summed E-state index contributed by atoms with van der Waals surface area (Å²) in [4.78, 5) is 72.5. The number of likely N-dealkylation sites (tertiary alicyclic amines) is 1. The van der Waals surface area contributed by atoms with Gasteiger partial charge in [0, 0.05) is 75.5 Å². The van der Waals surface area contributed by atoms with Crippen LogP contribution in [0.2, 0.25) is 0 Å². The summed E-state index contributed by atoms with van der Waals surface area (Å²) < 4.78 is 43.4. The highest BCUT2D eigenvalue weighted by molar-refractivity contribution is 6.23. The molecule has 0 spiro atoms. The largest absolute Gasteiger partial charge is 0.416 e. The number of alkyl halides is 3. The van der Waals surface area contributed by atoms with Gasteiger partial charge in [0.05, 0.1) is 39.9 Å². The molecule has 3 unspecified atom stereocenters. The van der Waals surface area contributed by atoms with Crippen molar-refractivity contribution in [1.29, 1.82) is 0 Å². The number of fused-ring (bicyclic) bond motifs is 3. The number of nitrogens with one attached hydrogen (secondary N) is 2. The first-order chi connectivity index (χ1) is 28.2. The number of anilines is 3.